The van der Waals surface area contributed by atoms with E-state index < -0.39 is 0 Å². The molecule has 0 bridgehead atoms. The summed E-state index contributed by atoms with van der Waals surface area (Å²) in [5, 5.41) is 0. The third kappa shape index (κ3) is 13.9. The quantitative estimate of drug-likeness (QED) is 0.723. The topological polar surface area (TPSA) is 21.3 Å². The predicted octanol–water partition coefficient (Wildman–Crippen LogP) is 3.95. The van der Waals surface area contributed by atoms with Crippen LogP contribution in [-0.4, -0.2) is 0 Å². The van der Waals surface area contributed by atoms with Gasteiger partial charge in [-0.05, 0) is 12.2 Å². The number of hydroxylamine groups is 1. The van der Waals surface area contributed by atoms with E-state index in [9.17, 15) is 0 Å². The Labute approximate surface area is 93.8 Å². The van der Waals surface area contributed by atoms with E-state index in [-0.39, 0.29) is 12.4 Å². The summed E-state index contributed by atoms with van der Waals surface area (Å²) < 4.78 is 0. The van der Waals surface area contributed by atoms with Crippen LogP contribution < -0.4 is 5.48 Å². The van der Waals surface area contributed by atoms with E-state index in [0.717, 1.165) is 0 Å². The molecule has 0 aromatic carbocycles. The molecule has 0 aromatic rings. The number of hydrogen-bond donors (Lipinski definition) is 1. The maximum absolute atomic E-state index is 4.55. The van der Waals surface area contributed by atoms with Crippen molar-refractivity contribution in [1.82, 2.24) is 5.48 Å². The van der Waals surface area contributed by atoms with E-state index >= 15 is 0 Å². The van der Waals surface area contributed by atoms with Crippen molar-refractivity contribution in [3.8, 4) is 0 Å². The van der Waals surface area contributed by atoms with Crippen LogP contribution in [0.25, 0.3) is 0 Å². The fourth-order valence-corrected chi connectivity index (χ4v) is 0.935. The molecule has 0 unspecified atom stereocenters. The molecule has 1 heterocycles. The normalized spacial score (nSPS) is 11.6. The monoisotopic (exact) mass is 219 g/mol. The summed E-state index contributed by atoms with van der Waals surface area (Å²) in [6.45, 7) is 4.49. The molecule has 0 aromatic heterocycles. The Bertz CT molecular complexity index is 130. The van der Waals surface area contributed by atoms with Crippen LogP contribution in [0.4, 0.5) is 0 Å². The van der Waals surface area contributed by atoms with Crippen LogP contribution in [-0.2, 0) is 4.84 Å². The lowest BCUT2D eigenvalue weighted by molar-refractivity contribution is 0.172. The summed E-state index contributed by atoms with van der Waals surface area (Å²) in [5.74, 6) is 0. The van der Waals surface area contributed by atoms with Crippen molar-refractivity contribution in [3.63, 3.8) is 0 Å². The molecule has 1 aliphatic heterocycles. The smallest absolute Gasteiger partial charge is 0.119 e. The number of halogens is 1. The number of rotatable bonds is 4. The molecule has 0 aliphatic carbocycles. The molecule has 1 aliphatic rings. The molecule has 2 nitrogen and oxygen atoms in total. The molecular formula is C11H22ClNO. The third-order valence-corrected chi connectivity index (χ3v) is 1.70. The van der Waals surface area contributed by atoms with E-state index in [0.29, 0.717) is 0 Å². The molecule has 0 fully saturated rings. The van der Waals surface area contributed by atoms with Gasteiger partial charge >= 0.3 is 0 Å². The van der Waals surface area contributed by atoms with Crippen LogP contribution >= 0.6 is 12.4 Å². The van der Waals surface area contributed by atoms with Gasteiger partial charge in [0.1, 0.15) is 6.26 Å². The fourth-order valence-electron chi connectivity index (χ4n) is 0.935. The number of nitrogens with one attached hydrogen (secondary N) is 1. The van der Waals surface area contributed by atoms with Gasteiger partial charge in [0.15, 0.2) is 0 Å². The van der Waals surface area contributed by atoms with Gasteiger partial charge in [0.05, 0.1) is 0 Å². The summed E-state index contributed by atoms with van der Waals surface area (Å²) in [7, 11) is 0. The SMILES string of the molecule is C1=CNOC=C1.CCCCCCC.Cl. The molecule has 0 saturated heterocycles. The zero-order valence-corrected chi connectivity index (χ0v) is 9.98. The maximum atomic E-state index is 4.55. The second-order valence-corrected chi connectivity index (χ2v) is 2.98. The Kier molecular flexibility index (Phi) is 16.8. The van der Waals surface area contributed by atoms with Gasteiger partial charge in [0.2, 0.25) is 0 Å². The minimum Gasteiger partial charge on any atom is -0.391 e. The molecule has 0 amide bonds. The summed E-state index contributed by atoms with van der Waals surface area (Å²) in [6.07, 6.45) is 13.9. The molecule has 0 atom stereocenters. The molecule has 3 heteroatoms. The third-order valence-electron chi connectivity index (χ3n) is 1.70. The Morgan fingerprint density at radius 1 is 1.00 bits per heavy atom. The average Bonchev–Trinajstić information content (AvgIpc) is 2.22. The van der Waals surface area contributed by atoms with E-state index in [1.165, 1.54) is 32.1 Å². The lowest BCUT2D eigenvalue weighted by Crippen LogP contribution is -2.01. The molecule has 84 valence electrons. The van der Waals surface area contributed by atoms with Crippen molar-refractivity contribution in [1.29, 1.82) is 0 Å². The van der Waals surface area contributed by atoms with E-state index in [2.05, 4.69) is 24.2 Å². The van der Waals surface area contributed by atoms with Crippen LogP contribution in [0.15, 0.2) is 24.6 Å². The van der Waals surface area contributed by atoms with Gasteiger partial charge in [0.25, 0.3) is 0 Å². The van der Waals surface area contributed by atoms with Crippen molar-refractivity contribution >= 4 is 12.4 Å². The van der Waals surface area contributed by atoms with Crippen molar-refractivity contribution in [3.05, 3.63) is 24.6 Å². The van der Waals surface area contributed by atoms with Crippen molar-refractivity contribution in [2.45, 2.75) is 46.0 Å². The van der Waals surface area contributed by atoms with E-state index in [4.69, 9.17) is 0 Å². The van der Waals surface area contributed by atoms with E-state index in [1.54, 1.807) is 18.5 Å². The fraction of sp³-hybridized carbons (Fsp3) is 0.636. The minimum atomic E-state index is 0. The molecule has 0 spiro atoms. The molecule has 0 radical (unpaired) electrons. The molecule has 1 rings (SSSR count). The van der Waals surface area contributed by atoms with Crippen molar-refractivity contribution < 1.29 is 4.84 Å². The maximum Gasteiger partial charge on any atom is 0.119 e. The van der Waals surface area contributed by atoms with Gasteiger partial charge in [-0.1, -0.05) is 46.0 Å². The number of hydrogen-bond acceptors (Lipinski definition) is 2. The zero-order chi connectivity index (χ0) is 9.78. The highest BCUT2D eigenvalue weighted by Gasteiger charge is 1.80. The van der Waals surface area contributed by atoms with Crippen LogP contribution in [0.1, 0.15) is 46.0 Å². The summed E-state index contributed by atoms with van der Waals surface area (Å²) in [6, 6.07) is 0. The van der Waals surface area contributed by atoms with Gasteiger partial charge < -0.3 is 4.84 Å². The second kappa shape index (κ2) is 14.9. The van der Waals surface area contributed by atoms with Gasteiger partial charge in [-0.25, -0.2) is 5.48 Å². The second-order valence-electron chi connectivity index (χ2n) is 2.98. The summed E-state index contributed by atoms with van der Waals surface area (Å²) in [4.78, 5) is 4.55. The van der Waals surface area contributed by atoms with Crippen molar-refractivity contribution in [2.75, 3.05) is 0 Å². The lowest BCUT2D eigenvalue weighted by Gasteiger charge is -1.97. The largest absolute Gasteiger partial charge is 0.391 e. The van der Waals surface area contributed by atoms with Gasteiger partial charge in [0, 0.05) is 6.20 Å². The van der Waals surface area contributed by atoms with Crippen LogP contribution in [0.2, 0.25) is 0 Å². The van der Waals surface area contributed by atoms with Gasteiger partial charge in [-0.15, -0.1) is 12.4 Å². The Balaban J connectivity index is 0. The standard InChI is InChI=1S/C7H16.C4H5NO.ClH/c1-3-5-7-6-4-2;1-2-4-6-5-3-1;/h3-7H2,1-2H3;1-5H;1H. The van der Waals surface area contributed by atoms with Gasteiger partial charge in [-0.2, -0.15) is 0 Å². The summed E-state index contributed by atoms with van der Waals surface area (Å²) in [5.41, 5.74) is 2.52. The first-order valence-electron chi connectivity index (χ1n) is 5.14. The number of unbranched alkanes of at least 4 members (excludes halogenated alkanes) is 4. The minimum absolute atomic E-state index is 0. The molecule has 0 saturated carbocycles. The first kappa shape index (κ1) is 15.8. The highest BCUT2D eigenvalue weighted by molar-refractivity contribution is 5.85. The highest BCUT2D eigenvalue weighted by Crippen LogP contribution is 2.00. The zero-order valence-electron chi connectivity index (χ0n) is 9.16. The van der Waals surface area contributed by atoms with Crippen LogP contribution in [0, 0.1) is 0 Å². The number of allylic oxidation sites excluding steroid dienone is 2. The molecule has 1 N–H and O–H groups in total. The first-order chi connectivity index (χ1) is 6.41. The molecule has 14 heavy (non-hydrogen) atoms. The lowest BCUT2D eigenvalue weighted by atomic mass is 10.2. The Morgan fingerprint density at radius 2 is 1.64 bits per heavy atom. The Hall–Kier alpha value is -0.630. The van der Waals surface area contributed by atoms with Crippen LogP contribution in [0.5, 0.6) is 0 Å². The van der Waals surface area contributed by atoms with E-state index in [1.807, 2.05) is 6.08 Å². The average molecular weight is 220 g/mol. The molecular weight excluding hydrogens is 198 g/mol. The van der Waals surface area contributed by atoms with Crippen molar-refractivity contribution in [2.24, 2.45) is 0 Å². The van der Waals surface area contributed by atoms with Gasteiger partial charge in [-0.3, -0.25) is 0 Å². The summed E-state index contributed by atoms with van der Waals surface area (Å²) >= 11 is 0. The predicted molar refractivity (Wildman–Crippen MR) is 64.2 cm³/mol. The highest BCUT2D eigenvalue weighted by atomic mass is 35.5. The van der Waals surface area contributed by atoms with Crippen LogP contribution in [0.3, 0.4) is 0 Å². The first-order valence-corrected chi connectivity index (χ1v) is 5.14. The Morgan fingerprint density at radius 3 is 1.86 bits per heavy atom.